The van der Waals surface area contributed by atoms with Crippen LogP contribution < -0.4 is 4.74 Å². The molecule has 4 aromatic rings. The highest BCUT2D eigenvalue weighted by molar-refractivity contribution is 6.38. The molecule has 0 saturated heterocycles. The van der Waals surface area contributed by atoms with E-state index in [1.54, 1.807) is 24.5 Å². The normalized spacial score (nSPS) is 24.1. The highest BCUT2D eigenvalue weighted by Crippen LogP contribution is 2.55. The first-order valence-electron chi connectivity index (χ1n) is 13.5. The summed E-state index contributed by atoms with van der Waals surface area (Å²) in [5.41, 5.74) is 2.52. The Morgan fingerprint density at radius 2 is 1.80 bits per heavy atom. The van der Waals surface area contributed by atoms with E-state index in [1.165, 1.54) is 10.7 Å². The smallest absolute Gasteiger partial charge is 0.356 e. The van der Waals surface area contributed by atoms with Gasteiger partial charge in [-0.15, -0.1) is 5.10 Å². The van der Waals surface area contributed by atoms with Crippen molar-refractivity contribution in [3.8, 4) is 17.1 Å². The van der Waals surface area contributed by atoms with Crippen LogP contribution in [-0.4, -0.2) is 48.0 Å². The van der Waals surface area contributed by atoms with E-state index in [1.807, 2.05) is 0 Å². The van der Waals surface area contributed by atoms with Gasteiger partial charge in [0.15, 0.2) is 11.3 Å². The van der Waals surface area contributed by atoms with Crippen molar-refractivity contribution in [1.82, 2.24) is 24.7 Å². The Bertz CT molecular complexity index is 1570. The lowest BCUT2D eigenvalue weighted by Gasteiger charge is -2.52. The molecular weight excluding hydrogens is 557 g/mol. The van der Waals surface area contributed by atoms with Gasteiger partial charge in [0.05, 0.1) is 35.1 Å². The second kappa shape index (κ2) is 9.71. The fraction of sp³-hybridized carbons (Fsp3) is 0.464. The molecule has 0 radical (unpaired) electrons. The van der Waals surface area contributed by atoms with Gasteiger partial charge in [-0.2, -0.15) is 0 Å². The molecule has 0 atom stereocenters. The van der Waals surface area contributed by atoms with E-state index in [9.17, 15) is 9.90 Å². The first-order valence-corrected chi connectivity index (χ1v) is 14.2. The average molecular weight is 584 g/mol. The number of nitrogens with zero attached hydrogens (tertiary/aromatic N) is 5. The molecule has 0 aromatic carbocycles. The number of hydrogen-bond acceptors (Lipinski definition) is 8. The van der Waals surface area contributed by atoms with Crippen molar-refractivity contribution < 1.29 is 23.9 Å². The SMILES string of the molecule is O=C(O)c1cnc2ccc(OCC34CCC(OCc5c(-c6c(Cl)cncc6Cl)noc5C5CC5)(CC3)CC4)nn12. The van der Waals surface area contributed by atoms with Crippen LogP contribution in [0, 0.1) is 5.41 Å². The Morgan fingerprint density at radius 3 is 2.48 bits per heavy atom. The van der Waals surface area contributed by atoms with Gasteiger partial charge in [-0.3, -0.25) is 4.98 Å². The van der Waals surface area contributed by atoms with Crippen LogP contribution in [0.1, 0.15) is 79.1 Å². The fourth-order valence-corrected chi connectivity index (χ4v) is 6.70. The van der Waals surface area contributed by atoms with Gasteiger partial charge in [0.25, 0.3) is 0 Å². The number of carboxylic acids is 1. The van der Waals surface area contributed by atoms with Crippen molar-refractivity contribution in [3.63, 3.8) is 0 Å². The molecule has 0 amide bonds. The Hall–Kier alpha value is -3.21. The largest absolute Gasteiger partial charge is 0.476 e. The Labute approximate surface area is 239 Å². The van der Waals surface area contributed by atoms with Gasteiger partial charge >= 0.3 is 5.97 Å². The van der Waals surface area contributed by atoms with Crippen LogP contribution in [0.4, 0.5) is 0 Å². The third kappa shape index (κ3) is 4.52. The quantitative estimate of drug-likeness (QED) is 0.240. The van der Waals surface area contributed by atoms with Crippen molar-refractivity contribution in [3.05, 3.63) is 57.8 Å². The highest BCUT2D eigenvalue weighted by Gasteiger charge is 2.50. The number of imidazole rings is 1. The number of aromatic carboxylic acids is 1. The predicted octanol–water partition coefficient (Wildman–Crippen LogP) is 6.35. The number of halogens is 2. The maximum atomic E-state index is 11.5. The topological polar surface area (TPSA) is 125 Å². The van der Waals surface area contributed by atoms with Gasteiger partial charge < -0.3 is 19.1 Å². The summed E-state index contributed by atoms with van der Waals surface area (Å²) < 4.78 is 20.0. The molecule has 208 valence electrons. The summed E-state index contributed by atoms with van der Waals surface area (Å²) in [5, 5.41) is 19.0. The van der Waals surface area contributed by atoms with Gasteiger partial charge in [0.1, 0.15) is 11.5 Å². The molecular formula is C28H27Cl2N5O5. The van der Waals surface area contributed by atoms with Crippen molar-refractivity contribution in [1.29, 1.82) is 0 Å². The summed E-state index contributed by atoms with van der Waals surface area (Å²) in [6.07, 6.45) is 12.3. The standard InChI is InChI=1S/C28H27Cl2N5O5/c29-18-11-31-12-19(30)23(18)24-17(25(40-34-24)16-1-2-16)14-39-28-8-5-27(6-9-28,7-10-28)15-38-22-4-3-21-32-13-20(26(36)37)35(21)33-22/h3-4,11-13,16H,1-2,5-10,14-15H2,(H,36,37). The summed E-state index contributed by atoms with van der Waals surface area (Å²) in [6, 6.07) is 3.45. The molecule has 4 heterocycles. The molecule has 0 spiro atoms. The molecule has 4 aromatic heterocycles. The monoisotopic (exact) mass is 583 g/mol. The maximum Gasteiger partial charge on any atom is 0.356 e. The summed E-state index contributed by atoms with van der Waals surface area (Å²) in [5.74, 6) is 0.544. The van der Waals surface area contributed by atoms with Gasteiger partial charge in [-0.1, -0.05) is 28.4 Å². The molecule has 40 heavy (non-hydrogen) atoms. The van der Waals surface area contributed by atoms with Crippen LogP contribution in [0.25, 0.3) is 16.9 Å². The summed E-state index contributed by atoms with van der Waals surface area (Å²) in [7, 11) is 0. The van der Waals surface area contributed by atoms with E-state index >= 15 is 0 Å². The number of aromatic nitrogens is 5. The Kier molecular flexibility index (Phi) is 6.25. The lowest BCUT2D eigenvalue weighted by molar-refractivity contribution is -0.150. The molecule has 8 rings (SSSR count). The summed E-state index contributed by atoms with van der Waals surface area (Å²) >= 11 is 12.9. The zero-order valence-electron chi connectivity index (χ0n) is 21.6. The highest BCUT2D eigenvalue weighted by atomic mass is 35.5. The van der Waals surface area contributed by atoms with E-state index in [-0.39, 0.29) is 16.7 Å². The van der Waals surface area contributed by atoms with Crippen LogP contribution in [0.5, 0.6) is 5.88 Å². The third-order valence-corrected chi connectivity index (χ3v) is 9.37. The lowest BCUT2D eigenvalue weighted by Crippen LogP contribution is -2.49. The molecule has 0 aliphatic heterocycles. The zero-order chi connectivity index (χ0) is 27.5. The van der Waals surface area contributed by atoms with Crippen LogP contribution in [0.15, 0.2) is 35.2 Å². The first-order chi connectivity index (χ1) is 19.4. The Morgan fingerprint density at radius 1 is 1.07 bits per heavy atom. The van der Waals surface area contributed by atoms with E-state index in [2.05, 4.69) is 20.2 Å². The number of hydrogen-bond donors (Lipinski definition) is 1. The fourth-order valence-electron chi connectivity index (χ4n) is 6.16. The van der Waals surface area contributed by atoms with Crippen LogP contribution in [0.2, 0.25) is 10.0 Å². The molecule has 4 aliphatic carbocycles. The van der Waals surface area contributed by atoms with Crippen molar-refractivity contribution in [2.75, 3.05) is 6.61 Å². The summed E-state index contributed by atoms with van der Waals surface area (Å²) in [6.45, 7) is 0.920. The van der Waals surface area contributed by atoms with Gasteiger partial charge in [0, 0.05) is 40.9 Å². The minimum atomic E-state index is -1.08. The second-order valence-corrected chi connectivity index (χ2v) is 12.1. The number of pyridine rings is 1. The zero-order valence-corrected chi connectivity index (χ0v) is 23.1. The first kappa shape index (κ1) is 25.7. The summed E-state index contributed by atoms with van der Waals surface area (Å²) in [4.78, 5) is 19.6. The molecule has 1 N–H and O–H groups in total. The number of ether oxygens (including phenoxy) is 2. The molecule has 12 heteroatoms. The van der Waals surface area contributed by atoms with Crippen molar-refractivity contribution in [2.24, 2.45) is 5.41 Å². The Balaban J connectivity index is 1.04. The number of carboxylic acid groups (broad SMARTS) is 1. The van der Waals surface area contributed by atoms with E-state index in [0.717, 1.165) is 62.7 Å². The van der Waals surface area contributed by atoms with Crippen LogP contribution in [0.3, 0.4) is 0 Å². The minimum absolute atomic E-state index is 0.00479. The van der Waals surface area contributed by atoms with Crippen molar-refractivity contribution in [2.45, 2.75) is 69.5 Å². The molecule has 4 fully saturated rings. The third-order valence-electron chi connectivity index (χ3n) is 8.80. The van der Waals surface area contributed by atoms with Crippen molar-refractivity contribution >= 4 is 34.8 Å². The second-order valence-electron chi connectivity index (χ2n) is 11.3. The van der Waals surface area contributed by atoms with E-state index < -0.39 is 5.97 Å². The van der Waals surface area contributed by atoms with Crippen LogP contribution in [-0.2, 0) is 11.3 Å². The van der Waals surface area contributed by atoms with Gasteiger partial charge in [-0.25, -0.2) is 14.3 Å². The minimum Gasteiger partial charge on any atom is -0.476 e. The molecule has 10 nitrogen and oxygen atoms in total. The van der Waals surface area contributed by atoms with Gasteiger partial charge in [-0.05, 0) is 57.4 Å². The average Bonchev–Trinajstić information content (AvgIpc) is 3.58. The van der Waals surface area contributed by atoms with E-state index in [0.29, 0.717) is 52.0 Å². The molecule has 4 saturated carbocycles. The predicted molar refractivity (Wildman–Crippen MR) is 145 cm³/mol. The number of fused-ring (bicyclic) bond motifs is 4. The lowest BCUT2D eigenvalue weighted by atomic mass is 9.59. The van der Waals surface area contributed by atoms with Gasteiger partial charge in [0.2, 0.25) is 5.88 Å². The number of carbonyl (C=O) groups is 1. The number of rotatable bonds is 9. The van der Waals surface area contributed by atoms with E-state index in [4.69, 9.17) is 37.2 Å². The molecule has 4 aliphatic rings. The maximum absolute atomic E-state index is 11.5. The van der Waals surface area contributed by atoms with Crippen LogP contribution >= 0.6 is 23.2 Å². The molecule has 2 bridgehead atoms. The molecule has 0 unspecified atom stereocenters.